The van der Waals surface area contributed by atoms with Crippen molar-refractivity contribution in [2.45, 2.75) is 170 Å². The summed E-state index contributed by atoms with van der Waals surface area (Å²) in [6.07, 6.45) is 5.86. The van der Waals surface area contributed by atoms with Crippen molar-refractivity contribution in [3.63, 3.8) is 0 Å². The van der Waals surface area contributed by atoms with Gasteiger partial charge in [0.25, 0.3) is 5.91 Å². The first kappa shape index (κ1) is 77.6. The van der Waals surface area contributed by atoms with Crippen molar-refractivity contribution in [3.05, 3.63) is 30.0 Å². The van der Waals surface area contributed by atoms with Gasteiger partial charge in [0.2, 0.25) is 53.2 Å². The smallest absolute Gasteiger partial charge is 0.268 e. The molecule has 89 heavy (non-hydrogen) atoms. The molecule has 504 valence electrons. The predicted molar refractivity (Wildman–Crippen MR) is 329 cm³/mol. The summed E-state index contributed by atoms with van der Waals surface area (Å²) in [4.78, 5) is 147. The molecular weight excluding hydrogens is 1160 g/mol. The van der Waals surface area contributed by atoms with Crippen LogP contribution >= 0.6 is 0 Å². The normalized spacial score (nSPS) is 16.1. The molecule has 1 saturated heterocycles. The molecule has 0 aromatic carbocycles. The second kappa shape index (κ2) is 44.0. The van der Waals surface area contributed by atoms with Gasteiger partial charge in [0.1, 0.15) is 48.0 Å². The molecule has 10 amide bonds. The van der Waals surface area contributed by atoms with Crippen LogP contribution in [0.5, 0.6) is 0 Å². The Kier molecular flexibility index (Phi) is 38.4. The molecule has 0 saturated carbocycles. The van der Waals surface area contributed by atoms with E-state index in [0.29, 0.717) is 89.7 Å². The monoisotopic (exact) mass is 1260 g/mol. The summed E-state index contributed by atoms with van der Waals surface area (Å²) >= 11 is 0. The third-order valence-corrected chi connectivity index (χ3v) is 14.3. The number of H-pyrrole nitrogens is 1. The molecule has 1 aliphatic heterocycles. The Balaban J connectivity index is 2.38. The van der Waals surface area contributed by atoms with Crippen LogP contribution in [0.3, 0.4) is 0 Å². The number of aliphatic hydroxyl groups excluding tert-OH is 2. The maximum Gasteiger partial charge on any atom is 0.268 e. The van der Waals surface area contributed by atoms with Gasteiger partial charge in [-0.15, -0.1) is 0 Å². The summed E-state index contributed by atoms with van der Waals surface area (Å²) < 4.78 is 0. The van der Waals surface area contributed by atoms with Gasteiger partial charge >= 0.3 is 0 Å². The lowest BCUT2D eigenvalue weighted by Crippen LogP contribution is -2.63. The van der Waals surface area contributed by atoms with Gasteiger partial charge < -0.3 is 125 Å². The number of amides is 10. The average Bonchev–Trinajstić information content (AvgIpc) is 3.27. The minimum atomic E-state index is -1.84. The van der Waals surface area contributed by atoms with E-state index < -0.39 is 139 Å². The van der Waals surface area contributed by atoms with Crippen LogP contribution in [0.4, 0.5) is 0 Å². The van der Waals surface area contributed by atoms with E-state index in [1.807, 2.05) is 0 Å². The van der Waals surface area contributed by atoms with Crippen molar-refractivity contribution in [3.8, 4) is 0 Å². The number of aromatic nitrogens is 2. The van der Waals surface area contributed by atoms with E-state index >= 15 is 0 Å². The topological polar surface area (TPSA) is 621 Å². The third-order valence-electron chi connectivity index (χ3n) is 14.3. The number of nitrogens with one attached hydrogen (secondary N) is 12. The van der Waals surface area contributed by atoms with Crippen molar-refractivity contribution in [1.82, 2.24) is 68.0 Å². The van der Waals surface area contributed by atoms with E-state index in [9.17, 15) is 58.2 Å². The molecule has 32 N–H and O–H groups in total. The van der Waals surface area contributed by atoms with Crippen LogP contribution in [0.25, 0.3) is 0 Å². The first-order valence-corrected chi connectivity index (χ1v) is 30.4. The number of carbonyl (C=O) groups excluding carboxylic acids is 10. The lowest BCUT2D eigenvalue weighted by atomic mass is 10.0. The fraction of sp³-hybridized carbons (Fsp3) is 0.704. The molecule has 0 spiro atoms. The highest BCUT2D eigenvalue weighted by Crippen LogP contribution is 2.21. The number of hydrogen-bond acceptors (Lipinski definition) is 22. The number of aromatic amines is 1. The number of hydrogen-bond donors (Lipinski definition) is 23. The second-order valence-electron chi connectivity index (χ2n) is 21.4. The van der Waals surface area contributed by atoms with Gasteiger partial charge in [-0.3, -0.25) is 53.4 Å². The molecule has 1 aliphatic rings. The zero-order valence-electron chi connectivity index (χ0n) is 50.9. The van der Waals surface area contributed by atoms with Crippen LogP contribution in [-0.4, -0.2) is 223 Å². The summed E-state index contributed by atoms with van der Waals surface area (Å²) in [5.41, 5.74) is 51.3. The molecule has 35 nitrogen and oxygen atoms in total. The fourth-order valence-electron chi connectivity index (χ4n) is 9.27. The van der Waals surface area contributed by atoms with Crippen molar-refractivity contribution in [2.75, 3.05) is 72.0 Å². The third kappa shape index (κ3) is 29.1. The molecule has 1 aromatic rings. The number of carbonyl (C=O) groups is 10. The highest BCUT2D eigenvalue weighted by Gasteiger charge is 2.40. The molecule has 10 atom stereocenters. The highest BCUT2D eigenvalue weighted by molar-refractivity contribution is 6.02. The standard InChI is InChI=1S/C54H101N23O12/c55-18-4-1-12-33(62)45(81)75-44(41(79)28-61)52(88)76-43(40(78)27-60)51(87)68-30-42(80)70-37(15-9-22-59)53(89)77-25-11-17-39(77)50(86)74-38(26-32-29-65-31-69-32)49(85)73-35(14-3-6-20-57)47(83)72-36(16-10-24-67-54(63)64)48(84)71-34(13-2-5-19-56)46(82)66-23-8-7-21-58/h16,29,31,33-35,37-41,43-44,78-79H,1-15,17-28,30,55-62H2,(H,65,69)(H,66,82)(H,68,87)(H,70,80)(H,71,84)(H,72,83)(H,73,85)(H,74,86)(H,75,81)(H,76,88)(H4,63,64,67)/b36-16-/t33?,34?,35-,37+,38?,39-,40-,41-,43-,44-/m0/s1. The summed E-state index contributed by atoms with van der Waals surface area (Å²) in [6.45, 7) is -0.000401. The van der Waals surface area contributed by atoms with Crippen molar-refractivity contribution in [1.29, 1.82) is 5.41 Å². The Bertz CT molecular complexity index is 2410. The van der Waals surface area contributed by atoms with Gasteiger partial charge in [-0.25, -0.2) is 4.98 Å². The lowest BCUT2D eigenvalue weighted by molar-refractivity contribution is -0.142. The van der Waals surface area contributed by atoms with Gasteiger partial charge in [-0.1, -0.05) is 12.5 Å². The Morgan fingerprint density at radius 2 is 1.19 bits per heavy atom. The average molecular weight is 1260 g/mol. The van der Waals surface area contributed by atoms with Crippen LogP contribution in [0.2, 0.25) is 0 Å². The molecule has 3 unspecified atom stereocenters. The zero-order valence-corrected chi connectivity index (χ0v) is 50.9. The maximum atomic E-state index is 14.5. The lowest BCUT2D eigenvalue weighted by Gasteiger charge is -2.30. The largest absolute Gasteiger partial charge is 0.389 e. The Morgan fingerprint density at radius 1 is 0.618 bits per heavy atom. The van der Waals surface area contributed by atoms with Crippen molar-refractivity contribution >= 4 is 65.0 Å². The number of nitrogens with zero attached hydrogens (tertiary/aromatic N) is 2. The zero-order chi connectivity index (χ0) is 66.3. The van der Waals surface area contributed by atoms with Gasteiger partial charge in [0.15, 0.2) is 5.96 Å². The van der Waals surface area contributed by atoms with E-state index in [1.165, 1.54) is 23.5 Å². The number of nitrogens with two attached hydrogens (primary N) is 9. The van der Waals surface area contributed by atoms with Crippen molar-refractivity contribution < 1.29 is 58.2 Å². The highest BCUT2D eigenvalue weighted by atomic mass is 16.3. The molecule has 0 radical (unpaired) electrons. The van der Waals surface area contributed by atoms with Crippen LogP contribution in [0.1, 0.15) is 108 Å². The maximum absolute atomic E-state index is 14.5. The fourth-order valence-corrected chi connectivity index (χ4v) is 9.27. The molecule has 2 rings (SSSR count). The molecule has 1 fully saturated rings. The number of likely N-dealkylation sites (tertiary alicyclic amines) is 1. The molecule has 0 bridgehead atoms. The van der Waals surface area contributed by atoms with Crippen molar-refractivity contribution in [2.24, 2.45) is 51.6 Å². The van der Waals surface area contributed by atoms with Crippen LogP contribution < -0.4 is 105 Å². The van der Waals surface area contributed by atoms with Crippen LogP contribution in [0.15, 0.2) is 24.3 Å². The summed E-state index contributed by atoms with van der Waals surface area (Å²) in [5.74, 6) is -8.76. The first-order chi connectivity index (χ1) is 42.6. The van der Waals surface area contributed by atoms with Gasteiger partial charge in [-0.05, 0) is 129 Å². The molecule has 1 aromatic heterocycles. The summed E-state index contributed by atoms with van der Waals surface area (Å²) in [7, 11) is 0. The number of rotatable bonds is 46. The number of unbranched alkanes of at least 4 members (excludes halogenated alkanes) is 4. The van der Waals surface area contributed by atoms with Gasteiger partial charge in [0.05, 0.1) is 31.1 Å². The molecular formula is C54H101N23O12. The first-order valence-electron chi connectivity index (χ1n) is 30.4. The van der Waals surface area contributed by atoms with E-state index in [-0.39, 0.29) is 89.2 Å². The van der Waals surface area contributed by atoms with Crippen LogP contribution in [0, 0.1) is 5.41 Å². The Hall–Kier alpha value is -7.48. The Morgan fingerprint density at radius 3 is 1.78 bits per heavy atom. The Labute approximate surface area is 518 Å². The number of imidazole rings is 1. The molecule has 2 heterocycles. The van der Waals surface area contributed by atoms with Crippen LogP contribution in [-0.2, 0) is 54.4 Å². The van der Waals surface area contributed by atoms with E-state index in [0.717, 1.165) is 0 Å². The van der Waals surface area contributed by atoms with E-state index in [4.69, 9.17) is 57.0 Å². The van der Waals surface area contributed by atoms with Gasteiger partial charge in [0, 0.05) is 51.0 Å². The summed E-state index contributed by atoms with van der Waals surface area (Å²) in [5, 5.41) is 54.4. The number of aliphatic hydroxyl groups is 2. The molecule has 35 heteroatoms. The minimum absolute atomic E-state index is 0.0127. The minimum Gasteiger partial charge on any atom is -0.389 e. The van der Waals surface area contributed by atoms with Gasteiger partial charge in [-0.2, -0.15) is 0 Å². The second-order valence-corrected chi connectivity index (χ2v) is 21.4. The molecule has 0 aliphatic carbocycles. The van der Waals surface area contributed by atoms with E-state index in [2.05, 4.69) is 63.1 Å². The summed E-state index contributed by atoms with van der Waals surface area (Å²) in [6, 6.07) is -10.9. The predicted octanol–water partition coefficient (Wildman–Crippen LogP) is -9.21. The van der Waals surface area contributed by atoms with E-state index in [1.54, 1.807) is 0 Å². The SMILES string of the molecule is N=C(N)NCC/C=C(\NC(=O)[C@H](CCCCN)NC(=O)C(Cc1cnc[nH]1)NC(=O)[C@@H]1CCCN1C(=O)[C@@H](CCCN)NC(=O)CNC(=O)[C@@H](NC(=O)[C@@H](NC(=O)C(N)CCCCN)[C@@H](O)CN)[C@@H](O)CN)C(=O)NC(CCCCN)C(=O)NCCCCN. The quantitative estimate of drug-likeness (QED) is 0.0125. The number of guanidine groups is 1.